The van der Waals surface area contributed by atoms with E-state index in [0.29, 0.717) is 5.92 Å². The number of nitrogens with two attached hydrogens (primary N) is 1. The molecule has 2 aromatic rings. The van der Waals surface area contributed by atoms with Gasteiger partial charge in [-0.05, 0) is 42.2 Å². The molecule has 0 aromatic heterocycles. The quantitative estimate of drug-likeness (QED) is 0.846. The number of phenols is 1. The van der Waals surface area contributed by atoms with Gasteiger partial charge in [0.1, 0.15) is 5.75 Å². The molecule has 0 heterocycles. The molecule has 2 nitrogen and oxygen atoms in total. The van der Waals surface area contributed by atoms with Crippen LogP contribution in [0.15, 0.2) is 48.5 Å². The third-order valence-electron chi connectivity index (χ3n) is 3.95. The second-order valence-corrected chi connectivity index (χ2v) is 5.20. The summed E-state index contributed by atoms with van der Waals surface area (Å²) in [7, 11) is 0. The molecule has 18 heavy (non-hydrogen) atoms. The van der Waals surface area contributed by atoms with E-state index in [2.05, 4.69) is 25.1 Å². The number of phenolic OH excluding ortho intramolecular Hbond substituents is 1. The molecule has 2 heteroatoms. The summed E-state index contributed by atoms with van der Waals surface area (Å²) in [5, 5.41) is 9.56. The number of rotatable bonds is 2. The van der Waals surface area contributed by atoms with Crippen LogP contribution in [0.2, 0.25) is 0 Å². The van der Waals surface area contributed by atoms with Crippen molar-refractivity contribution in [3.05, 3.63) is 65.2 Å². The number of benzene rings is 2. The number of aromatic hydroxyl groups is 1. The van der Waals surface area contributed by atoms with Crippen molar-refractivity contribution in [3.8, 4) is 5.75 Å². The summed E-state index contributed by atoms with van der Waals surface area (Å²) in [6.07, 6.45) is 0.946. The molecule has 0 spiro atoms. The van der Waals surface area contributed by atoms with Crippen LogP contribution in [0.4, 0.5) is 0 Å². The zero-order chi connectivity index (χ0) is 12.8. The van der Waals surface area contributed by atoms with Crippen molar-refractivity contribution in [3.63, 3.8) is 0 Å². The van der Waals surface area contributed by atoms with Gasteiger partial charge >= 0.3 is 0 Å². The van der Waals surface area contributed by atoms with Gasteiger partial charge < -0.3 is 10.8 Å². The summed E-state index contributed by atoms with van der Waals surface area (Å²) >= 11 is 0. The van der Waals surface area contributed by atoms with Crippen molar-refractivity contribution in [2.45, 2.75) is 24.8 Å². The van der Waals surface area contributed by atoms with E-state index >= 15 is 0 Å². The maximum absolute atomic E-state index is 9.56. The van der Waals surface area contributed by atoms with Crippen molar-refractivity contribution in [1.29, 1.82) is 0 Å². The molecule has 3 N–H and O–H groups in total. The fourth-order valence-electron chi connectivity index (χ4n) is 2.76. The fourth-order valence-corrected chi connectivity index (χ4v) is 2.76. The Labute approximate surface area is 107 Å². The Hall–Kier alpha value is -1.80. The first-order chi connectivity index (χ1) is 8.61. The lowest BCUT2D eigenvalue weighted by atomic mass is 9.97. The molecule has 0 amide bonds. The highest BCUT2D eigenvalue weighted by molar-refractivity contribution is 5.46. The zero-order valence-electron chi connectivity index (χ0n) is 10.4. The largest absolute Gasteiger partial charge is 0.508 e. The van der Waals surface area contributed by atoms with Crippen LogP contribution in [0.3, 0.4) is 0 Å². The first-order valence-corrected chi connectivity index (χ1v) is 6.25. The SMILES string of the molecule is Cc1ccccc1C1CC1(N)c1cccc(O)c1. The maximum atomic E-state index is 9.56. The monoisotopic (exact) mass is 239 g/mol. The first-order valence-electron chi connectivity index (χ1n) is 6.25. The highest BCUT2D eigenvalue weighted by atomic mass is 16.3. The molecule has 0 bridgehead atoms. The van der Waals surface area contributed by atoms with Gasteiger partial charge in [-0.25, -0.2) is 0 Å². The minimum atomic E-state index is -0.315. The van der Waals surface area contributed by atoms with Crippen molar-refractivity contribution in [2.24, 2.45) is 5.73 Å². The zero-order valence-corrected chi connectivity index (χ0v) is 10.4. The lowest BCUT2D eigenvalue weighted by Gasteiger charge is -2.14. The van der Waals surface area contributed by atoms with E-state index in [-0.39, 0.29) is 11.3 Å². The summed E-state index contributed by atoms with van der Waals surface area (Å²) in [6.45, 7) is 2.12. The molecule has 3 rings (SSSR count). The fraction of sp³-hybridized carbons (Fsp3) is 0.250. The second-order valence-electron chi connectivity index (χ2n) is 5.20. The van der Waals surface area contributed by atoms with Gasteiger partial charge in [0.05, 0.1) is 0 Å². The minimum absolute atomic E-state index is 0.285. The van der Waals surface area contributed by atoms with Crippen molar-refractivity contribution < 1.29 is 5.11 Å². The highest BCUT2D eigenvalue weighted by Gasteiger charge is 2.53. The molecule has 0 saturated heterocycles. The Morgan fingerprint density at radius 1 is 1.17 bits per heavy atom. The summed E-state index contributed by atoms with van der Waals surface area (Å²) < 4.78 is 0. The third kappa shape index (κ3) is 1.70. The van der Waals surface area contributed by atoms with E-state index in [0.717, 1.165) is 12.0 Å². The molecule has 1 aliphatic rings. The molecule has 1 fully saturated rings. The Morgan fingerprint density at radius 2 is 1.94 bits per heavy atom. The van der Waals surface area contributed by atoms with Gasteiger partial charge in [-0.15, -0.1) is 0 Å². The van der Waals surface area contributed by atoms with Crippen molar-refractivity contribution in [1.82, 2.24) is 0 Å². The number of aryl methyl sites for hydroxylation is 1. The summed E-state index contributed by atoms with van der Waals surface area (Å²) in [5.74, 6) is 0.647. The van der Waals surface area contributed by atoms with Crippen molar-refractivity contribution >= 4 is 0 Å². The Bertz CT molecular complexity index is 593. The molecule has 92 valence electrons. The third-order valence-corrected chi connectivity index (χ3v) is 3.95. The lowest BCUT2D eigenvalue weighted by molar-refractivity contribution is 0.473. The number of hydrogen-bond donors (Lipinski definition) is 2. The minimum Gasteiger partial charge on any atom is -0.508 e. The van der Waals surface area contributed by atoms with Crippen LogP contribution in [0.1, 0.15) is 29.0 Å². The Morgan fingerprint density at radius 3 is 2.67 bits per heavy atom. The summed E-state index contributed by atoms with van der Waals surface area (Å²) in [6, 6.07) is 15.7. The van der Waals surface area contributed by atoms with E-state index in [1.165, 1.54) is 11.1 Å². The van der Waals surface area contributed by atoms with Gasteiger partial charge in [0, 0.05) is 11.5 Å². The van der Waals surface area contributed by atoms with E-state index in [9.17, 15) is 5.11 Å². The molecular formula is C16H17NO. The standard InChI is InChI=1S/C16H17NO/c1-11-5-2-3-8-14(11)15-10-16(15,17)12-6-4-7-13(18)9-12/h2-9,15,18H,10,17H2,1H3. The topological polar surface area (TPSA) is 46.2 Å². The average molecular weight is 239 g/mol. The van der Waals surface area contributed by atoms with Crippen LogP contribution < -0.4 is 5.73 Å². The highest BCUT2D eigenvalue weighted by Crippen LogP contribution is 2.57. The van der Waals surface area contributed by atoms with E-state index in [4.69, 9.17) is 5.73 Å². The molecule has 1 aliphatic carbocycles. The Balaban J connectivity index is 1.95. The molecule has 2 unspecified atom stereocenters. The smallest absolute Gasteiger partial charge is 0.115 e. The summed E-state index contributed by atoms with van der Waals surface area (Å²) in [5.41, 5.74) is 9.79. The van der Waals surface area contributed by atoms with Crippen LogP contribution in [0.25, 0.3) is 0 Å². The second kappa shape index (κ2) is 3.85. The molecule has 2 aromatic carbocycles. The van der Waals surface area contributed by atoms with Crippen LogP contribution in [0.5, 0.6) is 5.75 Å². The van der Waals surface area contributed by atoms with Crippen molar-refractivity contribution in [2.75, 3.05) is 0 Å². The van der Waals surface area contributed by atoms with E-state index < -0.39 is 0 Å². The molecule has 2 atom stereocenters. The molecule has 0 aliphatic heterocycles. The van der Waals surface area contributed by atoms with Crippen LogP contribution in [0, 0.1) is 6.92 Å². The average Bonchev–Trinajstić information content (AvgIpc) is 3.04. The lowest BCUT2D eigenvalue weighted by Crippen LogP contribution is -2.21. The van der Waals surface area contributed by atoms with Gasteiger partial charge in [0.2, 0.25) is 0 Å². The van der Waals surface area contributed by atoms with Gasteiger partial charge in [0.15, 0.2) is 0 Å². The van der Waals surface area contributed by atoms with Crippen LogP contribution in [-0.4, -0.2) is 5.11 Å². The number of hydrogen-bond acceptors (Lipinski definition) is 2. The van der Waals surface area contributed by atoms with Gasteiger partial charge in [-0.3, -0.25) is 0 Å². The van der Waals surface area contributed by atoms with E-state index in [1.54, 1.807) is 12.1 Å². The molecule has 1 saturated carbocycles. The van der Waals surface area contributed by atoms with Gasteiger partial charge in [-0.2, -0.15) is 0 Å². The normalized spacial score (nSPS) is 26.0. The van der Waals surface area contributed by atoms with Crippen LogP contribution >= 0.6 is 0 Å². The maximum Gasteiger partial charge on any atom is 0.115 e. The van der Waals surface area contributed by atoms with Gasteiger partial charge in [-0.1, -0.05) is 36.4 Å². The van der Waals surface area contributed by atoms with Gasteiger partial charge in [0.25, 0.3) is 0 Å². The van der Waals surface area contributed by atoms with Crippen LogP contribution in [-0.2, 0) is 5.54 Å². The Kier molecular flexibility index (Phi) is 2.42. The predicted octanol–water partition coefficient (Wildman–Crippen LogP) is 3.04. The van der Waals surface area contributed by atoms with E-state index in [1.807, 2.05) is 18.2 Å². The molecule has 0 radical (unpaired) electrons. The first kappa shape index (κ1) is 11.3. The summed E-state index contributed by atoms with van der Waals surface area (Å²) in [4.78, 5) is 0. The predicted molar refractivity (Wildman–Crippen MR) is 72.5 cm³/mol. The molecular weight excluding hydrogens is 222 g/mol.